The van der Waals surface area contributed by atoms with Gasteiger partial charge in [0, 0.05) is 18.8 Å². The number of hydrogen-bond donors (Lipinski definition) is 2. The molecule has 1 aliphatic heterocycles. The van der Waals surface area contributed by atoms with Gasteiger partial charge in [0.2, 0.25) is 11.0 Å². The number of halogens is 1. The normalized spacial score (nSPS) is 17.0. The van der Waals surface area contributed by atoms with Gasteiger partial charge in [-0.1, -0.05) is 29.2 Å². The predicted octanol–water partition coefficient (Wildman–Crippen LogP) is 2.81. The van der Waals surface area contributed by atoms with Gasteiger partial charge in [-0.2, -0.15) is 0 Å². The third-order valence-electron chi connectivity index (χ3n) is 3.36. The molecule has 1 atom stereocenters. The summed E-state index contributed by atoms with van der Waals surface area (Å²) in [6.45, 7) is 1.34. The number of carbonyl (C=O) groups excluding carboxylic acids is 1. The van der Waals surface area contributed by atoms with E-state index in [9.17, 15) is 9.18 Å². The number of nitrogens with zero attached hydrogens (tertiary/aromatic N) is 2. The van der Waals surface area contributed by atoms with Crippen molar-refractivity contribution in [1.82, 2.24) is 15.5 Å². The second kappa shape index (κ2) is 8.41. The van der Waals surface area contributed by atoms with Crippen LogP contribution in [0.15, 0.2) is 28.6 Å². The summed E-state index contributed by atoms with van der Waals surface area (Å²) in [6.07, 6.45) is 2.20. The maximum absolute atomic E-state index is 13.1. The Kier molecular flexibility index (Phi) is 6.00. The van der Waals surface area contributed by atoms with E-state index in [0.717, 1.165) is 19.4 Å². The quantitative estimate of drug-likeness (QED) is 0.732. The summed E-state index contributed by atoms with van der Waals surface area (Å²) < 4.78 is 19.3. The molecule has 1 saturated heterocycles. The first-order valence-corrected chi connectivity index (χ1v) is 9.36. The zero-order valence-corrected chi connectivity index (χ0v) is 14.5. The number of thioether (sulfide) groups is 1. The third-order valence-corrected chi connectivity index (χ3v) is 5.33. The van der Waals surface area contributed by atoms with Crippen LogP contribution in [0.3, 0.4) is 0 Å². The highest BCUT2D eigenvalue weighted by atomic mass is 32.2. The van der Waals surface area contributed by atoms with Crippen LogP contribution in [0.25, 0.3) is 0 Å². The Morgan fingerprint density at radius 1 is 1.46 bits per heavy atom. The minimum absolute atomic E-state index is 0.0506. The topological polar surface area (TPSA) is 76.1 Å². The number of ether oxygens (including phenoxy) is 1. The van der Waals surface area contributed by atoms with Crippen molar-refractivity contribution >= 4 is 39.8 Å². The van der Waals surface area contributed by atoms with Crippen LogP contribution in [0.5, 0.6) is 0 Å². The van der Waals surface area contributed by atoms with Gasteiger partial charge in [-0.05, 0) is 31.0 Å². The second-order valence-electron chi connectivity index (χ2n) is 5.24. The van der Waals surface area contributed by atoms with E-state index in [1.54, 1.807) is 12.1 Å². The Bertz CT molecular complexity index is 692. The fourth-order valence-corrected chi connectivity index (χ4v) is 3.82. The van der Waals surface area contributed by atoms with E-state index in [4.69, 9.17) is 4.74 Å². The van der Waals surface area contributed by atoms with E-state index in [1.165, 1.54) is 35.2 Å². The number of benzene rings is 1. The second-order valence-corrected chi connectivity index (χ2v) is 7.44. The average molecular weight is 368 g/mol. The highest BCUT2D eigenvalue weighted by Gasteiger charge is 2.16. The number of carbonyl (C=O) groups is 1. The summed E-state index contributed by atoms with van der Waals surface area (Å²) in [5, 5.41) is 14.4. The highest BCUT2D eigenvalue weighted by Crippen LogP contribution is 2.27. The lowest BCUT2D eigenvalue weighted by molar-refractivity contribution is -0.119. The number of rotatable bonds is 7. The van der Waals surface area contributed by atoms with Crippen LogP contribution in [-0.2, 0) is 9.53 Å². The van der Waals surface area contributed by atoms with E-state index in [0.29, 0.717) is 21.7 Å². The van der Waals surface area contributed by atoms with Crippen LogP contribution in [0.2, 0.25) is 0 Å². The molecular formula is C15H17FN4O2S2. The number of hydrogen-bond acceptors (Lipinski definition) is 7. The van der Waals surface area contributed by atoms with Crippen LogP contribution in [0.4, 0.5) is 15.2 Å². The lowest BCUT2D eigenvalue weighted by atomic mass is 10.2. The standard InChI is InChI=1S/C15H17FN4O2S2/c16-10-3-1-4-11(7-10)18-14-19-20-15(24-14)23-9-13(21)17-8-12-5-2-6-22-12/h1,3-4,7,12H,2,5-6,8-9H2,(H,17,21)(H,18,19)/t12-/m1/s1. The number of anilines is 2. The molecule has 6 nitrogen and oxygen atoms in total. The number of amides is 1. The predicted molar refractivity (Wildman–Crippen MR) is 92.3 cm³/mol. The molecule has 1 amide bonds. The van der Waals surface area contributed by atoms with E-state index >= 15 is 0 Å². The molecule has 2 aromatic rings. The minimum Gasteiger partial charge on any atom is -0.376 e. The molecule has 0 bridgehead atoms. The summed E-state index contributed by atoms with van der Waals surface area (Å²) in [6, 6.07) is 6.12. The van der Waals surface area contributed by atoms with Crippen molar-refractivity contribution in [1.29, 1.82) is 0 Å². The molecule has 1 fully saturated rings. The van der Waals surface area contributed by atoms with Gasteiger partial charge in [0.25, 0.3) is 0 Å². The largest absolute Gasteiger partial charge is 0.376 e. The van der Waals surface area contributed by atoms with E-state index in [-0.39, 0.29) is 23.6 Å². The lowest BCUT2D eigenvalue weighted by Crippen LogP contribution is -2.32. The molecule has 128 valence electrons. The highest BCUT2D eigenvalue weighted by molar-refractivity contribution is 8.01. The van der Waals surface area contributed by atoms with Crippen molar-refractivity contribution in [2.75, 3.05) is 24.2 Å². The van der Waals surface area contributed by atoms with Crippen molar-refractivity contribution in [2.45, 2.75) is 23.3 Å². The van der Waals surface area contributed by atoms with Gasteiger partial charge in [-0.25, -0.2) is 4.39 Å². The molecule has 24 heavy (non-hydrogen) atoms. The van der Waals surface area contributed by atoms with Crippen molar-refractivity contribution in [3.63, 3.8) is 0 Å². The third kappa shape index (κ3) is 5.15. The van der Waals surface area contributed by atoms with Crippen LogP contribution >= 0.6 is 23.1 Å². The lowest BCUT2D eigenvalue weighted by Gasteiger charge is -2.09. The van der Waals surface area contributed by atoms with Crippen LogP contribution in [0.1, 0.15) is 12.8 Å². The molecule has 2 N–H and O–H groups in total. The molecule has 2 heterocycles. The van der Waals surface area contributed by atoms with Crippen LogP contribution in [0, 0.1) is 5.82 Å². The van der Waals surface area contributed by atoms with Crippen LogP contribution in [-0.4, -0.2) is 41.1 Å². The summed E-state index contributed by atoms with van der Waals surface area (Å²) >= 11 is 2.64. The smallest absolute Gasteiger partial charge is 0.230 e. The summed E-state index contributed by atoms with van der Waals surface area (Å²) in [5.74, 6) is -0.0891. The number of nitrogens with one attached hydrogen (secondary N) is 2. The Morgan fingerprint density at radius 2 is 2.38 bits per heavy atom. The SMILES string of the molecule is O=C(CSc1nnc(Nc2cccc(F)c2)s1)NC[C@H]1CCCO1. The van der Waals surface area contributed by atoms with Crippen LogP contribution < -0.4 is 10.6 Å². The Morgan fingerprint density at radius 3 is 3.17 bits per heavy atom. The first-order chi connectivity index (χ1) is 11.7. The molecule has 0 unspecified atom stereocenters. The summed E-state index contributed by atoms with van der Waals surface area (Å²) in [7, 11) is 0. The van der Waals surface area contributed by atoms with Gasteiger partial charge in [0.05, 0.1) is 11.9 Å². The van der Waals surface area contributed by atoms with E-state index < -0.39 is 0 Å². The molecule has 1 aromatic carbocycles. The molecule has 3 rings (SSSR count). The maximum atomic E-state index is 13.1. The zero-order chi connectivity index (χ0) is 16.8. The molecule has 0 spiro atoms. The first kappa shape index (κ1) is 17.1. The number of aromatic nitrogens is 2. The Balaban J connectivity index is 1.43. The first-order valence-electron chi connectivity index (χ1n) is 7.56. The van der Waals surface area contributed by atoms with E-state index in [2.05, 4.69) is 20.8 Å². The Labute approximate surface area is 147 Å². The van der Waals surface area contributed by atoms with Gasteiger partial charge >= 0.3 is 0 Å². The monoisotopic (exact) mass is 368 g/mol. The van der Waals surface area contributed by atoms with Crippen molar-refractivity contribution in [3.8, 4) is 0 Å². The van der Waals surface area contributed by atoms with Crippen molar-refractivity contribution < 1.29 is 13.9 Å². The Hall–Kier alpha value is -1.71. The van der Waals surface area contributed by atoms with Crippen molar-refractivity contribution in [2.24, 2.45) is 0 Å². The van der Waals surface area contributed by atoms with Crippen molar-refractivity contribution in [3.05, 3.63) is 30.1 Å². The van der Waals surface area contributed by atoms with Gasteiger partial charge in [0.1, 0.15) is 5.82 Å². The fourth-order valence-electron chi connectivity index (χ4n) is 2.22. The minimum atomic E-state index is -0.318. The van der Waals surface area contributed by atoms with Gasteiger partial charge < -0.3 is 15.4 Å². The van der Waals surface area contributed by atoms with E-state index in [1.807, 2.05) is 0 Å². The van der Waals surface area contributed by atoms with Gasteiger partial charge in [-0.15, -0.1) is 10.2 Å². The fraction of sp³-hybridized carbons (Fsp3) is 0.400. The summed E-state index contributed by atoms with van der Waals surface area (Å²) in [5.41, 5.74) is 0.608. The average Bonchev–Trinajstić information content (AvgIpc) is 3.23. The zero-order valence-electron chi connectivity index (χ0n) is 12.8. The summed E-state index contributed by atoms with van der Waals surface area (Å²) in [4.78, 5) is 11.8. The molecular weight excluding hydrogens is 351 g/mol. The molecule has 0 radical (unpaired) electrons. The van der Waals surface area contributed by atoms with Gasteiger partial charge in [-0.3, -0.25) is 4.79 Å². The molecule has 1 aliphatic rings. The molecule has 9 heteroatoms. The maximum Gasteiger partial charge on any atom is 0.230 e. The molecule has 1 aromatic heterocycles. The molecule has 0 saturated carbocycles. The van der Waals surface area contributed by atoms with Gasteiger partial charge in [0.15, 0.2) is 4.34 Å². The molecule has 0 aliphatic carbocycles.